The molecule has 0 saturated carbocycles. The van der Waals surface area contributed by atoms with Gasteiger partial charge in [0.25, 0.3) is 0 Å². The van der Waals surface area contributed by atoms with Gasteiger partial charge >= 0.3 is 0 Å². The summed E-state index contributed by atoms with van der Waals surface area (Å²) in [4.78, 5) is 0. The molecule has 5 heteroatoms. The van der Waals surface area contributed by atoms with E-state index in [9.17, 15) is 4.39 Å². The molecule has 0 fully saturated rings. The van der Waals surface area contributed by atoms with E-state index in [4.69, 9.17) is 27.9 Å². The molecule has 2 aromatic rings. The molecule has 2 rings (SSSR count). The first-order valence-corrected chi connectivity index (χ1v) is 6.87. The van der Waals surface area contributed by atoms with E-state index in [1.807, 2.05) is 6.92 Å². The molecule has 0 radical (unpaired) electrons. The smallest absolute Gasteiger partial charge is 0.146 e. The van der Waals surface area contributed by atoms with Crippen molar-refractivity contribution in [3.8, 4) is 11.5 Å². The summed E-state index contributed by atoms with van der Waals surface area (Å²) in [7, 11) is 1.76. The van der Waals surface area contributed by atoms with Crippen LogP contribution in [0.3, 0.4) is 0 Å². The lowest BCUT2D eigenvalue weighted by molar-refractivity contribution is 0.453. The minimum atomic E-state index is -0.325. The summed E-state index contributed by atoms with van der Waals surface area (Å²) in [5, 5.41) is 3.90. The summed E-state index contributed by atoms with van der Waals surface area (Å²) in [6.07, 6.45) is 0. The number of benzene rings is 2. The van der Waals surface area contributed by atoms with Crippen molar-refractivity contribution >= 4 is 23.2 Å². The zero-order valence-corrected chi connectivity index (χ0v) is 12.6. The minimum Gasteiger partial charge on any atom is -0.455 e. The summed E-state index contributed by atoms with van der Waals surface area (Å²) >= 11 is 11.9. The number of rotatable bonds is 4. The molecule has 106 valence electrons. The van der Waals surface area contributed by atoms with Gasteiger partial charge in [-0.25, -0.2) is 4.39 Å². The van der Waals surface area contributed by atoms with E-state index in [1.165, 1.54) is 6.07 Å². The molecular formula is C15H14Cl2FNO. The maximum Gasteiger partial charge on any atom is 0.146 e. The fraction of sp³-hybridized carbons (Fsp3) is 0.200. The van der Waals surface area contributed by atoms with Crippen LogP contribution in [0, 0.1) is 5.82 Å². The van der Waals surface area contributed by atoms with Gasteiger partial charge in [0.15, 0.2) is 0 Å². The Hall–Kier alpha value is -1.29. The Labute approximate surface area is 127 Å². The van der Waals surface area contributed by atoms with Gasteiger partial charge in [-0.05, 0) is 44.3 Å². The molecule has 0 saturated heterocycles. The van der Waals surface area contributed by atoms with Crippen molar-refractivity contribution in [2.45, 2.75) is 13.0 Å². The van der Waals surface area contributed by atoms with Crippen molar-refractivity contribution in [2.75, 3.05) is 7.05 Å². The molecular weight excluding hydrogens is 300 g/mol. The van der Waals surface area contributed by atoms with Crippen molar-refractivity contribution in [1.82, 2.24) is 5.32 Å². The van der Waals surface area contributed by atoms with Crippen molar-refractivity contribution in [2.24, 2.45) is 0 Å². The highest BCUT2D eigenvalue weighted by Crippen LogP contribution is 2.35. The average molecular weight is 314 g/mol. The SMILES string of the molecule is CNC(C)c1c(F)cccc1Oc1ccc(Cl)cc1Cl. The van der Waals surface area contributed by atoms with Gasteiger partial charge in [0.2, 0.25) is 0 Å². The van der Waals surface area contributed by atoms with Gasteiger partial charge in [-0.1, -0.05) is 29.3 Å². The topological polar surface area (TPSA) is 21.3 Å². The predicted molar refractivity (Wildman–Crippen MR) is 80.4 cm³/mol. The third kappa shape index (κ3) is 3.23. The average Bonchev–Trinajstić information content (AvgIpc) is 2.41. The third-order valence-electron chi connectivity index (χ3n) is 2.99. The van der Waals surface area contributed by atoms with Gasteiger partial charge in [-0.2, -0.15) is 0 Å². The molecule has 1 N–H and O–H groups in total. The molecule has 2 aromatic carbocycles. The van der Waals surface area contributed by atoms with Crippen LogP contribution in [-0.2, 0) is 0 Å². The molecule has 0 spiro atoms. The lowest BCUT2D eigenvalue weighted by Crippen LogP contribution is -2.15. The quantitative estimate of drug-likeness (QED) is 0.837. The molecule has 0 amide bonds. The van der Waals surface area contributed by atoms with E-state index in [0.29, 0.717) is 27.1 Å². The summed E-state index contributed by atoms with van der Waals surface area (Å²) < 4.78 is 19.7. The van der Waals surface area contributed by atoms with Crippen molar-refractivity contribution < 1.29 is 9.13 Å². The summed E-state index contributed by atoms with van der Waals surface area (Å²) in [6.45, 7) is 1.86. The fourth-order valence-electron chi connectivity index (χ4n) is 1.85. The molecule has 20 heavy (non-hydrogen) atoms. The normalized spacial score (nSPS) is 12.2. The molecule has 1 unspecified atom stereocenters. The van der Waals surface area contributed by atoms with Crippen LogP contribution < -0.4 is 10.1 Å². The minimum absolute atomic E-state index is 0.183. The Bertz CT molecular complexity index is 619. The standard InChI is InChI=1S/C15H14Cl2FNO/c1-9(19-2)15-12(18)4-3-5-14(15)20-13-7-6-10(16)8-11(13)17/h3-9,19H,1-2H3. The molecule has 0 aromatic heterocycles. The number of hydrogen-bond donors (Lipinski definition) is 1. The van der Waals surface area contributed by atoms with Crippen LogP contribution in [0.5, 0.6) is 11.5 Å². The zero-order chi connectivity index (χ0) is 14.7. The van der Waals surface area contributed by atoms with Gasteiger partial charge in [0, 0.05) is 16.6 Å². The highest BCUT2D eigenvalue weighted by molar-refractivity contribution is 6.35. The Morgan fingerprint density at radius 3 is 2.55 bits per heavy atom. The summed E-state index contributed by atoms with van der Waals surface area (Å²) in [5.74, 6) is 0.539. The van der Waals surface area contributed by atoms with Crippen LogP contribution in [0.15, 0.2) is 36.4 Å². The first-order valence-electron chi connectivity index (χ1n) is 6.11. The molecule has 2 nitrogen and oxygen atoms in total. The second-order valence-corrected chi connectivity index (χ2v) is 5.18. The number of ether oxygens (including phenoxy) is 1. The van der Waals surface area contributed by atoms with Gasteiger partial charge < -0.3 is 10.1 Å². The van der Waals surface area contributed by atoms with Crippen molar-refractivity contribution in [3.05, 3.63) is 57.8 Å². The summed E-state index contributed by atoms with van der Waals surface area (Å²) in [5.41, 5.74) is 0.459. The van der Waals surface area contributed by atoms with Gasteiger partial charge in [0.05, 0.1) is 5.02 Å². The van der Waals surface area contributed by atoms with Gasteiger partial charge in [0.1, 0.15) is 17.3 Å². The van der Waals surface area contributed by atoms with Crippen LogP contribution in [0.2, 0.25) is 10.0 Å². The largest absolute Gasteiger partial charge is 0.455 e. The number of halogens is 3. The highest BCUT2D eigenvalue weighted by Gasteiger charge is 2.16. The molecule has 1 atom stereocenters. The lowest BCUT2D eigenvalue weighted by atomic mass is 10.1. The van der Waals surface area contributed by atoms with Crippen LogP contribution in [0.25, 0.3) is 0 Å². The molecule has 0 heterocycles. The van der Waals surface area contributed by atoms with Gasteiger partial charge in [-0.15, -0.1) is 0 Å². The van der Waals surface area contributed by atoms with Crippen LogP contribution in [0.4, 0.5) is 4.39 Å². The second-order valence-electron chi connectivity index (χ2n) is 4.34. The van der Waals surface area contributed by atoms with Crippen LogP contribution in [0.1, 0.15) is 18.5 Å². The second kappa shape index (κ2) is 6.44. The van der Waals surface area contributed by atoms with E-state index in [0.717, 1.165) is 0 Å². The van der Waals surface area contributed by atoms with Crippen molar-refractivity contribution in [3.63, 3.8) is 0 Å². The zero-order valence-electron chi connectivity index (χ0n) is 11.1. The first kappa shape index (κ1) is 15.1. The van der Waals surface area contributed by atoms with Crippen molar-refractivity contribution in [1.29, 1.82) is 0 Å². The van der Waals surface area contributed by atoms with E-state index < -0.39 is 0 Å². The third-order valence-corrected chi connectivity index (χ3v) is 3.52. The predicted octanol–water partition coefficient (Wildman–Crippen LogP) is 5.21. The molecule has 0 bridgehead atoms. The first-order chi connectivity index (χ1) is 9.52. The molecule has 0 aliphatic heterocycles. The maximum atomic E-state index is 14.0. The number of nitrogens with one attached hydrogen (secondary N) is 1. The van der Waals surface area contributed by atoms with Crippen LogP contribution in [-0.4, -0.2) is 7.05 Å². The van der Waals surface area contributed by atoms with E-state index >= 15 is 0 Å². The van der Waals surface area contributed by atoms with Gasteiger partial charge in [-0.3, -0.25) is 0 Å². The Balaban J connectivity index is 2.40. The summed E-state index contributed by atoms with van der Waals surface area (Å²) in [6, 6.07) is 9.43. The lowest BCUT2D eigenvalue weighted by Gasteiger charge is -2.17. The monoisotopic (exact) mass is 313 g/mol. The Kier molecular flexibility index (Phi) is 4.86. The van der Waals surface area contributed by atoms with E-state index in [2.05, 4.69) is 5.32 Å². The van der Waals surface area contributed by atoms with E-state index in [1.54, 1.807) is 37.4 Å². The highest BCUT2D eigenvalue weighted by atomic mass is 35.5. The van der Waals surface area contributed by atoms with Crippen LogP contribution >= 0.6 is 23.2 Å². The molecule has 0 aliphatic carbocycles. The Morgan fingerprint density at radius 2 is 1.90 bits per heavy atom. The number of hydrogen-bond acceptors (Lipinski definition) is 2. The maximum absolute atomic E-state index is 14.0. The Morgan fingerprint density at radius 1 is 1.15 bits per heavy atom. The van der Waals surface area contributed by atoms with E-state index in [-0.39, 0.29) is 11.9 Å². The fourth-order valence-corrected chi connectivity index (χ4v) is 2.29. The molecule has 0 aliphatic rings.